The van der Waals surface area contributed by atoms with Crippen molar-refractivity contribution in [3.8, 4) is 0 Å². The van der Waals surface area contributed by atoms with Crippen molar-refractivity contribution in [1.82, 2.24) is 9.88 Å². The average molecular weight is 358 g/mol. The Morgan fingerprint density at radius 2 is 1.78 bits per heavy atom. The first kappa shape index (κ1) is 16.6. The van der Waals surface area contributed by atoms with Gasteiger partial charge in [0, 0.05) is 29.1 Å². The lowest BCUT2D eigenvalue weighted by atomic mass is 9.90. The number of amides is 1. The van der Waals surface area contributed by atoms with E-state index in [4.69, 9.17) is 0 Å². The van der Waals surface area contributed by atoms with E-state index in [-0.39, 0.29) is 12.0 Å². The number of nitrogens with one attached hydrogen (secondary N) is 1. The third-order valence-corrected chi connectivity index (χ3v) is 6.42. The van der Waals surface area contributed by atoms with Gasteiger partial charge in [-0.15, -0.1) is 0 Å². The van der Waals surface area contributed by atoms with E-state index in [2.05, 4.69) is 65.3 Å². The quantitative estimate of drug-likeness (QED) is 0.676. The van der Waals surface area contributed by atoms with Gasteiger partial charge in [-0.3, -0.25) is 4.79 Å². The molecule has 2 heterocycles. The normalized spacial score (nSPS) is 20.2. The molecule has 1 atom stereocenters. The Bertz CT molecular complexity index is 979. The van der Waals surface area contributed by atoms with Crippen LogP contribution in [0.4, 0.5) is 0 Å². The molecule has 3 heteroatoms. The highest BCUT2D eigenvalue weighted by Crippen LogP contribution is 2.40. The van der Waals surface area contributed by atoms with E-state index in [1.54, 1.807) is 0 Å². The molecule has 1 aliphatic carbocycles. The van der Waals surface area contributed by atoms with E-state index in [9.17, 15) is 4.79 Å². The molecule has 1 N–H and O–H groups in total. The fraction of sp³-hybridized carbons (Fsp3) is 0.375. The van der Waals surface area contributed by atoms with Crippen molar-refractivity contribution < 1.29 is 4.79 Å². The lowest BCUT2D eigenvalue weighted by Crippen LogP contribution is -2.43. The van der Waals surface area contributed by atoms with E-state index < -0.39 is 0 Å². The van der Waals surface area contributed by atoms with Crippen molar-refractivity contribution in [1.29, 1.82) is 0 Å². The molecule has 0 spiro atoms. The number of rotatable bonds is 2. The third kappa shape index (κ3) is 2.77. The first-order valence-corrected chi connectivity index (χ1v) is 10.2. The van der Waals surface area contributed by atoms with Crippen molar-refractivity contribution in [3.05, 3.63) is 70.9 Å². The van der Waals surface area contributed by atoms with Crippen molar-refractivity contribution in [2.45, 2.75) is 45.1 Å². The zero-order chi connectivity index (χ0) is 18.4. The molecular weight excluding hydrogens is 332 g/mol. The smallest absolute Gasteiger partial charge is 0.226 e. The zero-order valence-electron chi connectivity index (χ0n) is 15.9. The minimum Gasteiger partial charge on any atom is -0.356 e. The molecule has 5 rings (SSSR count). The maximum atomic E-state index is 13.4. The van der Waals surface area contributed by atoms with Gasteiger partial charge in [0.15, 0.2) is 0 Å². The predicted octanol–water partition coefficient (Wildman–Crippen LogP) is 5.14. The molecule has 0 bridgehead atoms. The molecule has 2 aliphatic rings. The molecule has 138 valence electrons. The summed E-state index contributed by atoms with van der Waals surface area (Å²) in [5.41, 5.74) is 6.22. The van der Waals surface area contributed by atoms with Gasteiger partial charge in [-0.25, -0.2) is 0 Å². The Balaban J connectivity index is 1.63. The lowest BCUT2D eigenvalue weighted by Gasteiger charge is -2.37. The molecule has 1 aliphatic heterocycles. The summed E-state index contributed by atoms with van der Waals surface area (Å²) in [6, 6.07) is 17.2. The minimum atomic E-state index is -0.00477. The minimum absolute atomic E-state index is 0.00477. The molecule has 1 aromatic heterocycles. The highest BCUT2D eigenvalue weighted by atomic mass is 16.2. The molecule has 1 saturated carbocycles. The van der Waals surface area contributed by atoms with Crippen LogP contribution in [-0.4, -0.2) is 22.3 Å². The van der Waals surface area contributed by atoms with E-state index in [0.29, 0.717) is 5.91 Å². The standard InChI is InChI=1S/C24H26N2O/c1-16-10-12-17(13-11-16)23-22-20(19-8-4-5-9-21(19)25-22)14-15-26(23)24(27)18-6-2-3-7-18/h4-5,8-13,18,23,25H,2-3,6-7,14-15H2,1H3. The van der Waals surface area contributed by atoms with E-state index >= 15 is 0 Å². The molecular formula is C24H26N2O. The summed E-state index contributed by atoms with van der Waals surface area (Å²) in [4.78, 5) is 19.2. The second-order valence-electron chi connectivity index (χ2n) is 8.14. The van der Waals surface area contributed by atoms with Gasteiger partial charge in [-0.2, -0.15) is 0 Å². The molecule has 3 nitrogen and oxygen atoms in total. The molecule has 3 aromatic rings. The number of carbonyl (C=O) groups is 1. The fourth-order valence-electron chi connectivity index (χ4n) is 4.98. The van der Waals surface area contributed by atoms with Gasteiger partial charge in [-0.05, 0) is 43.4 Å². The van der Waals surface area contributed by atoms with Crippen LogP contribution in [0.3, 0.4) is 0 Å². The summed E-state index contributed by atoms with van der Waals surface area (Å²) in [7, 11) is 0. The van der Waals surface area contributed by atoms with Gasteiger partial charge in [0.2, 0.25) is 5.91 Å². The van der Waals surface area contributed by atoms with Crippen LogP contribution >= 0.6 is 0 Å². The number of fused-ring (bicyclic) bond motifs is 3. The van der Waals surface area contributed by atoms with Gasteiger partial charge >= 0.3 is 0 Å². The van der Waals surface area contributed by atoms with Crippen molar-refractivity contribution >= 4 is 16.8 Å². The maximum absolute atomic E-state index is 13.4. The largest absolute Gasteiger partial charge is 0.356 e. The van der Waals surface area contributed by atoms with Gasteiger partial charge in [0.25, 0.3) is 0 Å². The molecule has 1 unspecified atom stereocenters. The number of nitrogens with zero attached hydrogens (tertiary/aromatic N) is 1. The third-order valence-electron chi connectivity index (χ3n) is 6.42. The van der Waals surface area contributed by atoms with Crippen LogP contribution in [0.25, 0.3) is 10.9 Å². The van der Waals surface area contributed by atoms with Crippen molar-refractivity contribution in [2.75, 3.05) is 6.54 Å². The van der Waals surface area contributed by atoms with E-state index in [1.165, 1.54) is 46.1 Å². The summed E-state index contributed by atoms with van der Waals surface area (Å²) in [5, 5.41) is 1.30. The molecule has 2 aromatic carbocycles. The van der Waals surface area contributed by atoms with Gasteiger partial charge < -0.3 is 9.88 Å². The second kappa shape index (κ2) is 6.56. The number of H-pyrrole nitrogens is 1. The SMILES string of the molecule is Cc1ccc(C2c3[nH]c4ccccc4c3CCN2C(=O)C2CCCC2)cc1. The summed E-state index contributed by atoms with van der Waals surface area (Å²) in [6.45, 7) is 2.92. The number of aryl methyl sites for hydroxylation is 1. The van der Waals surface area contributed by atoms with E-state index in [0.717, 1.165) is 25.8 Å². The highest BCUT2D eigenvalue weighted by molar-refractivity contribution is 5.87. The highest BCUT2D eigenvalue weighted by Gasteiger charge is 2.37. The number of carbonyl (C=O) groups excluding carboxylic acids is 1. The first-order valence-electron chi connectivity index (χ1n) is 10.2. The average Bonchev–Trinajstić information content (AvgIpc) is 3.35. The Kier molecular flexibility index (Phi) is 4.04. The number of para-hydroxylation sites is 1. The van der Waals surface area contributed by atoms with Crippen LogP contribution in [-0.2, 0) is 11.2 Å². The van der Waals surface area contributed by atoms with Gasteiger partial charge in [0.05, 0.1) is 6.04 Å². The monoisotopic (exact) mass is 358 g/mol. The fourth-order valence-corrected chi connectivity index (χ4v) is 4.98. The summed E-state index contributed by atoms with van der Waals surface area (Å²) >= 11 is 0. The van der Waals surface area contributed by atoms with Crippen molar-refractivity contribution in [2.24, 2.45) is 5.92 Å². The summed E-state index contributed by atoms with van der Waals surface area (Å²) in [6.07, 6.45) is 5.42. The van der Waals surface area contributed by atoms with Crippen LogP contribution in [0.2, 0.25) is 0 Å². The molecule has 1 amide bonds. The maximum Gasteiger partial charge on any atom is 0.226 e. The van der Waals surface area contributed by atoms with Gasteiger partial charge in [0.1, 0.15) is 0 Å². The molecule has 1 fully saturated rings. The van der Waals surface area contributed by atoms with Crippen LogP contribution in [0.15, 0.2) is 48.5 Å². The predicted molar refractivity (Wildman–Crippen MR) is 109 cm³/mol. The number of aromatic nitrogens is 1. The number of hydrogen-bond acceptors (Lipinski definition) is 1. The van der Waals surface area contributed by atoms with Crippen molar-refractivity contribution in [3.63, 3.8) is 0 Å². The lowest BCUT2D eigenvalue weighted by molar-refractivity contribution is -0.137. The van der Waals surface area contributed by atoms with Crippen LogP contribution in [0.1, 0.15) is 54.1 Å². The second-order valence-corrected chi connectivity index (χ2v) is 8.14. The molecule has 0 saturated heterocycles. The Hall–Kier alpha value is -2.55. The Labute approximate surface area is 160 Å². The molecule has 27 heavy (non-hydrogen) atoms. The Morgan fingerprint density at radius 1 is 1.04 bits per heavy atom. The number of benzene rings is 2. The topological polar surface area (TPSA) is 36.1 Å². The van der Waals surface area contributed by atoms with E-state index in [1.807, 2.05) is 0 Å². The summed E-state index contributed by atoms with van der Waals surface area (Å²) in [5.74, 6) is 0.561. The van der Waals surface area contributed by atoms with Gasteiger partial charge in [-0.1, -0.05) is 60.9 Å². The number of hydrogen-bond donors (Lipinski definition) is 1. The zero-order valence-corrected chi connectivity index (χ0v) is 15.9. The van der Waals surface area contributed by atoms with Crippen LogP contribution in [0, 0.1) is 12.8 Å². The number of aromatic amines is 1. The molecule has 0 radical (unpaired) electrons. The first-order chi connectivity index (χ1) is 13.2. The van der Waals surface area contributed by atoms with Crippen LogP contribution in [0.5, 0.6) is 0 Å². The van der Waals surface area contributed by atoms with Crippen LogP contribution < -0.4 is 0 Å². The summed E-state index contributed by atoms with van der Waals surface area (Å²) < 4.78 is 0. The Morgan fingerprint density at radius 3 is 2.56 bits per heavy atom.